The lowest BCUT2D eigenvalue weighted by molar-refractivity contribution is 0.112. The molecule has 0 N–H and O–H groups in total. The third kappa shape index (κ3) is 2.95. The SMILES string of the molecule is COCc1nc(N(C)Cc2ccsc2)sc1C=O. The average Bonchev–Trinajstić information content (AvgIpc) is 2.98. The molecule has 2 rings (SSSR count). The molecule has 4 nitrogen and oxygen atoms in total. The van der Waals surface area contributed by atoms with Crippen LogP contribution < -0.4 is 4.90 Å². The van der Waals surface area contributed by atoms with Crippen molar-refractivity contribution in [2.45, 2.75) is 13.2 Å². The first-order chi connectivity index (χ1) is 8.74. The zero-order chi connectivity index (χ0) is 13.0. The van der Waals surface area contributed by atoms with Crippen molar-refractivity contribution in [3.05, 3.63) is 33.0 Å². The van der Waals surface area contributed by atoms with Crippen molar-refractivity contribution in [3.63, 3.8) is 0 Å². The highest BCUT2D eigenvalue weighted by atomic mass is 32.1. The van der Waals surface area contributed by atoms with Crippen molar-refractivity contribution in [2.75, 3.05) is 19.1 Å². The molecule has 0 saturated carbocycles. The van der Waals surface area contributed by atoms with Gasteiger partial charge in [0.15, 0.2) is 11.4 Å². The molecule has 2 aromatic rings. The lowest BCUT2D eigenvalue weighted by Gasteiger charge is -2.14. The standard InChI is InChI=1S/C12H14N2O2S2/c1-14(5-9-3-4-17-8-9)12-13-10(7-16-2)11(6-15)18-12/h3-4,6,8H,5,7H2,1-2H3. The monoisotopic (exact) mass is 282 g/mol. The van der Waals surface area contributed by atoms with Crippen LogP contribution in [0.15, 0.2) is 16.8 Å². The molecule has 0 spiro atoms. The van der Waals surface area contributed by atoms with E-state index in [9.17, 15) is 4.79 Å². The van der Waals surface area contributed by atoms with Gasteiger partial charge in [0, 0.05) is 20.7 Å². The van der Waals surface area contributed by atoms with Crippen LogP contribution in [0.1, 0.15) is 20.9 Å². The van der Waals surface area contributed by atoms with Crippen LogP contribution in [0.4, 0.5) is 5.13 Å². The van der Waals surface area contributed by atoms with E-state index in [2.05, 4.69) is 21.8 Å². The fraction of sp³-hybridized carbons (Fsp3) is 0.333. The number of anilines is 1. The van der Waals surface area contributed by atoms with Crippen molar-refractivity contribution in [1.29, 1.82) is 0 Å². The van der Waals surface area contributed by atoms with E-state index in [0.717, 1.165) is 18.0 Å². The molecule has 0 aromatic carbocycles. The maximum Gasteiger partial charge on any atom is 0.186 e. The van der Waals surface area contributed by atoms with Gasteiger partial charge < -0.3 is 9.64 Å². The molecule has 0 aliphatic rings. The zero-order valence-corrected chi connectivity index (χ0v) is 11.9. The second-order valence-corrected chi connectivity index (χ2v) is 5.64. The number of carbonyl (C=O) groups excluding carboxylic acids is 1. The number of rotatable bonds is 6. The van der Waals surface area contributed by atoms with Gasteiger partial charge in [0.2, 0.25) is 0 Å². The lowest BCUT2D eigenvalue weighted by Crippen LogP contribution is -2.15. The minimum Gasteiger partial charge on any atom is -0.378 e. The zero-order valence-electron chi connectivity index (χ0n) is 10.3. The summed E-state index contributed by atoms with van der Waals surface area (Å²) in [6.45, 7) is 1.17. The predicted molar refractivity (Wildman–Crippen MR) is 74.6 cm³/mol. The third-order valence-corrected chi connectivity index (χ3v) is 4.30. The van der Waals surface area contributed by atoms with E-state index in [1.54, 1.807) is 18.4 Å². The number of aromatic nitrogens is 1. The van der Waals surface area contributed by atoms with Gasteiger partial charge in [-0.1, -0.05) is 11.3 Å². The quantitative estimate of drug-likeness (QED) is 0.764. The Balaban J connectivity index is 2.14. The summed E-state index contributed by atoms with van der Waals surface area (Å²) in [4.78, 5) is 18.1. The molecule has 6 heteroatoms. The summed E-state index contributed by atoms with van der Waals surface area (Å²) in [7, 11) is 3.57. The molecule has 0 atom stereocenters. The van der Waals surface area contributed by atoms with Gasteiger partial charge in [-0.15, -0.1) is 0 Å². The molecule has 0 fully saturated rings. The van der Waals surface area contributed by atoms with Crippen LogP contribution in [0.5, 0.6) is 0 Å². The van der Waals surface area contributed by atoms with Gasteiger partial charge in [0.05, 0.1) is 17.2 Å². The number of nitrogens with zero attached hydrogens (tertiary/aromatic N) is 2. The highest BCUT2D eigenvalue weighted by molar-refractivity contribution is 7.17. The molecule has 0 amide bonds. The number of carbonyl (C=O) groups is 1. The molecular formula is C12H14N2O2S2. The van der Waals surface area contributed by atoms with Crippen molar-refractivity contribution in [1.82, 2.24) is 4.98 Å². The van der Waals surface area contributed by atoms with Gasteiger partial charge in [-0.25, -0.2) is 4.98 Å². The van der Waals surface area contributed by atoms with Crippen molar-refractivity contribution >= 4 is 34.1 Å². The summed E-state index contributed by atoms with van der Waals surface area (Å²) in [5, 5.41) is 5.01. The Morgan fingerprint density at radius 2 is 2.39 bits per heavy atom. The van der Waals surface area contributed by atoms with Crippen LogP contribution in [-0.4, -0.2) is 25.4 Å². The highest BCUT2D eigenvalue weighted by Crippen LogP contribution is 2.26. The first kappa shape index (κ1) is 13.2. The predicted octanol–water partition coefficient (Wildman–Crippen LogP) is 2.80. The summed E-state index contributed by atoms with van der Waals surface area (Å²) in [6, 6.07) is 2.09. The summed E-state index contributed by atoms with van der Waals surface area (Å²) in [5.41, 5.74) is 1.96. The minimum atomic E-state index is 0.372. The summed E-state index contributed by atoms with van der Waals surface area (Å²) >= 11 is 3.08. The molecule has 0 aliphatic heterocycles. The van der Waals surface area contributed by atoms with Gasteiger partial charge in [-0.05, 0) is 22.4 Å². The molecule has 0 radical (unpaired) electrons. The van der Waals surface area contributed by atoms with Gasteiger partial charge in [0.25, 0.3) is 0 Å². The number of thiazole rings is 1. The van der Waals surface area contributed by atoms with Crippen LogP contribution in [0.25, 0.3) is 0 Å². The van der Waals surface area contributed by atoms with E-state index in [1.165, 1.54) is 16.9 Å². The van der Waals surface area contributed by atoms with Crippen LogP contribution in [0.3, 0.4) is 0 Å². The first-order valence-electron chi connectivity index (χ1n) is 5.40. The fourth-order valence-electron chi connectivity index (χ4n) is 1.57. The first-order valence-corrected chi connectivity index (χ1v) is 7.16. The van der Waals surface area contributed by atoms with E-state index in [0.29, 0.717) is 17.2 Å². The molecule has 18 heavy (non-hydrogen) atoms. The van der Waals surface area contributed by atoms with Gasteiger partial charge in [-0.2, -0.15) is 11.3 Å². The molecule has 0 saturated heterocycles. The number of hydrogen-bond acceptors (Lipinski definition) is 6. The molecule has 0 bridgehead atoms. The Bertz CT molecular complexity index is 508. The Labute approximate surface area is 114 Å². The van der Waals surface area contributed by atoms with Gasteiger partial charge >= 0.3 is 0 Å². The molecule has 0 aliphatic carbocycles. The van der Waals surface area contributed by atoms with Crippen molar-refractivity contribution in [2.24, 2.45) is 0 Å². The summed E-state index contributed by atoms with van der Waals surface area (Å²) in [5.74, 6) is 0. The van der Waals surface area contributed by atoms with E-state index in [-0.39, 0.29) is 0 Å². The highest BCUT2D eigenvalue weighted by Gasteiger charge is 2.13. The second-order valence-electron chi connectivity index (χ2n) is 3.85. The number of ether oxygens (including phenoxy) is 1. The molecule has 2 heterocycles. The number of methoxy groups -OCH3 is 1. The molecule has 0 unspecified atom stereocenters. The topological polar surface area (TPSA) is 42.4 Å². The fourth-order valence-corrected chi connectivity index (χ4v) is 3.07. The van der Waals surface area contributed by atoms with Crippen molar-refractivity contribution in [3.8, 4) is 0 Å². The third-order valence-electron chi connectivity index (χ3n) is 2.43. The normalized spacial score (nSPS) is 10.6. The Morgan fingerprint density at radius 1 is 1.56 bits per heavy atom. The van der Waals surface area contributed by atoms with Crippen LogP contribution in [-0.2, 0) is 17.9 Å². The van der Waals surface area contributed by atoms with Crippen LogP contribution in [0.2, 0.25) is 0 Å². The molecule has 2 aromatic heterocycles. The number of thiophene rings is 1. The van der Waals surface area contributed by atoms with Gasteiger partial charge in [0.1, 0.15) is 0 Å². The van der Waals surface area contributed by atoms with Crippen LogP contribution in [0, 0.1) is 0 Å². The Morgan fingerprint density at radius 3 is 3.00 bits per heavy atom. The Kier molecular flexibility index (Phi) is 4.46. The van der Waals surface area contributed by atoms with Crippen molar-refractivity contribution < 1.29 is 9.53 Å². The maximum absolute atomic E-state index is 11.0. The smallest absolute Gasteiger partial charge is 0.186 e. The van der Waals surface area contributed by atoms with E-state index in [1.807, 2.05) is 11.9 Å². The number of aldehydes is 1. The van der Waals surface area contributed by atoms with Crippen LogP contribution >= 0.6 is 22.7 Å². The largest absolute Gasteiger partial charge is 0.378 e. The summed E-state index contributed by atoms with van der Waals surface area (Å²) in [6.07, 6.45) is 0.841. The average molecular weight is 282 g/mol. The maximum atomic E-state index is 11.0. The minimum absolute atomic E-state index is 0.372. The van der Waals surface area contributed by atoms with E-state index >= 15 is 0 Å². The van der Waals surface area contributed by atoms with E-state index < -0.39 is 0 Å². The number of hydrogen-bond donors (Lipinski definition) is 0. The second kappa shape index (κ2) is 6.08. The molecular weight excluding hydrogens is 268 g/mol. The van der Waals surface area contributed by atoms with E-state index in [4.69, 9.17) is 4.74 Å². The molecule has 96 valence electrons. The lowest BCUT2D eigenvalue weighted by atomic mass is 10.3. The Hall–Kier alpha value is -1.24. The summed E-state index contributed by atoms with van der Waals surface area (Å²) < 4.78 is 5.04. The van der Waals surface area contributed by atoms with Gasteiger partial charge in [-0.3, -0.25) is 4.79 Å².